The molecule has 1 amide bonds. The van der Waals surface area contributed by atoms with Crippen LogP contribution in [0.4, 0.5) is 0 Å². The highest BCUT2D eigenvalue weighted by Crippen LogP contribution is 2.46. The SMILES string of the molecule is Cc1ccc(C(=O)N2C[C@H]3C[C@H]4C(C2)(CN(CCN(C)C)S4(=O)=O)O3)o1. The molecule has 3 aliphatic heterocycles. The standard InChI is InChI=1S/C17H25N3O5S/c1-12-4-5-14(24-12)16(21)19-9-13-8-15-17(10-19,25-13)11-20(26(15,22)23)7-6-18(2)3/h4-5,13,15H,6-11H2,1-3H3/t13-,15+,17?/m1/s1. The van der Waals surface area contributed by atoms with E-state index in [-0.39, 0.29) is 18.6 Å². The Bertz CT molecular complexity index is 820. The van der Waals surface area contributed by atoms with Gasteiger partial charge in [0.05, 0.1) is 12.6 Å². The number of ether oxygens (including phenoxy) is 1. The number of furan rings is 1. The molecule has 3 atom stereocenters. The fourth-order valence-electron chi connectivity index (χ4n) is 4.32. The third-order valence-corrected chi connectivity index (χ3v) is 7.92. The summed E-state index contributed by atoms with van der Waals surface area (Å²) in [6.07, 6.45) is 0.210. The van der Waals surface area contributed by atoms with Crippen molar-refractivity contribution in [2.45, 2.75) is 30.3 Å². The zero-order chi connectivity index (χ0) is 18.7. The Labute approximate surface area is 153 Å². The number of nitrogens with zero attached hydrogens (tertiary/aromatic N) is 3. The average Bonchev–Trinajstić information content (AvgIpc) is 3.16. The molecule has 1 aromatic heterocycles. The molecule has 0 saturated carbocycles. The first kappa shape index (κ1) is 18.0. The normalized spacial score (nSPS) is 33.0. The number of amides is 1. The molecule has 26 heavy (non-hydrogen) atoms. The molecule has 3 aliphatic rings. The van der Waals surface area contributed by atoms with Crippen molar-refractivity contribution in [3.8, 4) is 0 Å². The van der Waals surface area contributed by atoms with Gasteiger partial charge in [-0.25, -0.2) is 8.42 Å². The summed E-state index contributed by atoms with van der Waals surface area (Å²) in [6.45, 7) is 3.88. The molecule has 0 aromatic carbocycles. The van der Waals surface area contributed by atoms with Crippen molar-refractivity contribution in [3.05, 3.63) is 23.7 Å². The van der Waals surface area contributed by atoms with Gasteiger partial charge in [-0.1, -0.05) is 0 Å². The lowest BCUT2D eigenvalue weighted by atomic mass is 9.99. The summed E-state index contributed by atoms with van der Waals surface area (Å²) in [7, 11) is 0.422. The number of carbonyl (C=O) groups excluding carboxylic acids is 1. The van der Waals surface area contributed by atoms with Crippen molar-refractivity contribution < 1.29 is 22.4 Å². The number of hydrogen-bond donors (Lipinski definition) is 0. The Morgan fingerprint density at radius 1 is 1.35 bits per heavy atom. The van der Waals surface area contributed by atoms with Gasteiger partial charge in [0.15, 0.2) is 5.76 Å². The molecule has 4 heterocycles. The highest BCUT2D eigenvalue weighted by atomic mass is 32.2. The minimum absolute atomic E-state index is 0.199. The number of morpholine rings is 1. The third kappa shape index (κ3) is 2.77. The fraction of sp³-hybridized carbons (Fsp3) is 0.706. The number of aryl methyl sites for hydroxylation is 1. The Kier molecular flexibility index (Phi) is 4.18. The van der Waals surface area contributed by atoms with Crippen LogP contribution in [0.1, 0.15) is 22.7 Å². The lowest BCUT2D eigenvalue weighted by molar-refractivity contribution is -0.0981. The van der Waals surface area contributed by atoms with Crippen LogP contribution in [0.15, 0.2) is 16.5 Å². The molecule has 1 spiro atoms. The average molecular weight is 383 g/mol. The molecule has 9 heteroatoms. The molecule has 1 unspecified atom stereocenters. The van der Waals surface area contributed by atoms with E-state index in [1.807, 2.05) is 19.0 Å². The van der Waals surface area contributed by atoms with E-state index in [4.69, 9.17) is 9.15 Å². The van der Waals surface area contributed by atoms with E-state index in [1.54, 1.807) is 24.0 Å². The largest absolute Gasteiger partial charge is 0.456 e. The molecule has 3 saturated heterocycles. The van der Waals surface area contributed by atoms with Gasteiger partial charge in [-0.05, 0) is 39.6 Å². The van der Waals surface area contributed by atoms with Crippen LogP contribution in [0.2, 0.25) is 0 Å². The maximum Gasteiger partial charge on any atom is 0.289 e. The first-order valence-corrected chi connectivity index (χ1v) is 10.4. The molecule has 2 bridgehead atoms. The molecule has 3 fully saturated rings. The zero-order valence-electron chi connectivity index (χ0n) is 15.3. The van der Waals surface area contributed by atoms with E-state index in [1.165, 1.54) is 4.31 Å². The highest BCUT2D eigenvalue weighted by Gasteiger charge is 2.65. The Hall–Kier alpha value is -1.42. The second-order valence-corrected chi connectivity index (χ2v) is 9.92. The number of likely N-dealkylation sites (tertiary alicyclic amines) is 1. The summed E-state index contributed by atoms with van der Waals surface area (Å²) >= 11 is 0. The predicted octanol–water partition coefficient (Wildman–Crippen LogP) is 0.147. The molecule has 0 radical (unpaired) electrons. The molecule has 144 valence electrons. The fourth-order valence-corrected chi connectivity index (χ4v) is 6.62. The van der Waals surface area contributed by atoms with Crippen LogP contribution >= 0.6 is 0 Å². The van der Waals surface area contributed by atoms with Crippen LogP contribution in [0.5, 0.6) is 0 Å². The topological polar surface area (TPSA) is 83.3 Å². The van der Waals surface area contributed by atoms with Crippen molar-refractivity contribution >= 4 is 15.9 Å². The molecular weight excluding hydrogens is 358 g/mol. The summed E-state index contributed by atoms with van der Waals surface area (Å²) in [5.74, 6) is 0.775. The van der Waals surface area contributed by atoms with E-state index in [2.05, 4.69) is 0 Å². The maximum atomic E-state index is 13.0. The first-order valence-electron chi connectivity index (χ1n) is 8.88. The monoisotopic (exact) mass is 383 g/mol. The molecular formula is C17H25N3O5S. The third-order valence-electron chi connectivity index (χ3n) is 5.55. The van der Waals surface area contributed by atoms with E-state index in [0.717, 1.165) is 0 Å². The Morgan fingerprint density at radius 3 is 2.77 bits per heavy atom. The van der Waals surface area contributed by atoms with Gasteiger partial charge in [0.2, 0.25) is 10.0 Å². The van der Waals surface area contributed by atoms with Gasteiger partial charge in [0, 0.05) is 26.2 Å². The molecule has 4 rings (SSSR count). The number of carbonyl (C=O) groups is 1. The van der Waals surface area contributed by atoms with Gasteiger partial charge >= 0.3 is 0 Å². The minimum Gasteiger partial charge on any atom is -0.456 e. The van der Waals surface area contributed by atoms with Gasteiger partial charge < -0.3 is 19.0 Å². The molecule has 0 aliphatic carbocycles. The van der Waals surface area contributed by atoms with Crippen LogP contribution in [0.25, 0.3) is 0 Å². The smallest absolute Gasteiger partial charge is 0.289 e. The number of sulfonamides is 1. The van der Waals surface area contributed by atoms with Gasteiger partial charge in [-0.3, -0.25) is 4.79 Å². The summed E-state index contributed by atoms with van der Waals surface area (Å²) in [5, 5.41) is -0.571. The molecule has 8 nitrogen and oxygen atoms in total. The van der Waals surface area contributed by atoms with Crippen LogP contribution in [-0.4, -0.2) is 92.2 Å². The lowest BCUT2D eigenvalue weighted by Crippen LogP contribution is -2.56. The molecule has 0 N–H and O–H groups in total. The second-order valence-electron chi connectivity index (χ2n) is 7.81. The highest BCUT2D eigenvalue weighted by molar-refractivity contribution is 7.90. The maximum absolute atomic E-state index is 13.0. The van der Waals surface area contributed by atoms with Crippen LogP contribution < -0.4 is 0 Å². The Morgan fingerprint density at radius 2 is 2.12 bits per heavy atom. The van der Waals surface area contributed by atoms with E-state index < -0.39 is 20.9 Å². The van der Waals surface area contributed by atoms with Crippen molar-refractivity contribution in [2.24, 2.45) is 0 Å². The number of likely N-dealkylation sites (N-methyl/N-ethyl adjacent to an activating group) is 1. The van der Waals surface area contributed by atoms with E-state index in [0.29, 0.717) is 44.1 Å². The number of fused-ring (bicyclic) bond motifs is 1. The summed E-state index contributed by atoms with van der Waals surface area (Å²) in [4.78, 5) is 16.4. The van der Waals surface area contributed by atoms with E-state index in [9.17, 15) is 13.2 Å². The van der Waals surface area contributed by atoms with Gasteiger partial charge in [-0.15, -0.1) is 0 Å². The summed E-state index contributed by atoms with van der Waals surface area (Å²) < 4.78 is 39.1. The minimum atomic E-state index is -3.41. The van der Waals surface area contributed by atoms with Crippen molar-refractivity contribution in [1.82, 2.24) is 14.1 Å². The number of hydrogen-bond acceptors (Lipinski definition) is 6. The summed E-state index contributed by atoms with van der Waals surface area (Å²) in [5.41, 5.74) is -0.828. The van der Waals surface area contributed by atoms with E-state index >= 15 is 0 Å². The first-order chi connectivity index (χ1) is 12.2. The summed E-state index contributed by atoms with van der Waals surface area (Å²) in [6, 6.07) is 3.42. The molecule has 1 aromatic rings. The van der Waals surface area contributed by atoms with Crippen LogP contribution in [-0.2, 0) is 14.8 Å². The van der Waals surface area contributed by atoms with Crippen LogP contribution in [0, 0.1) is 6.92 Å². The van der Waals surface area contributed by atoms with Crippen LogP contribution in [0.3, 0.4) is 0 Å². The second kappa shape index (κ2) is 6.05. The van der Waals surface area contributed by atoms with Gasteiger partial charge in [-0.2, -0.15) is 4.31 Å². The van der Waals surface area contributed by atoms with Crippen molar-refractivity contribution in [3.63, 3.8) is 0 Å². The quantitative estimate of drug-likeness (QED) is 0.736. The zero-order valence-corrected chi connectivity index (χ0v) is 16.2. The predicted molar refractivity (Wildman–Crippen MR) is 94.4 cm³/mol. The van der Waals surface area contributed by atoms with Gasteiger partial charge in [0.25, 0.3) is 5.91 Å². The van der Waals surface area contributed by atoms with Crippen molar-refractivity contribution in [1.29, 1.82) is 0 Å². The Balaban J connectivity index is 1.57. The van der Waals surface area contributed by atoms with Gasteiger partial charge in [0.1, 0.15) is 16.6 Å². The number of rotatable bonds is 4. The van der Waals surface area contributed by atoms with Crippen molar-refractivity contribution in [2.75, 3.05) is 46.8 Å². The lowest BCUT2D eigenvalue weighted by Gasteiger charge is -2.39.